The Balaban J connectivity index is 1.56. The Morgan fingerprint density at radius 1 is 1.62 bits per heavy atom. The molecule has 1 amide bonds. The quantitative estimate of drug-likeness (QED) is 0.933. The molecule has 1 saturated heterocycles. The van der Waals surface area contributed by atoms with Crippen molar-refractivity contribution in [3.05, 3.63) is 34.0 Å². The average molecular weight is 306 g/mol. The van der Waals surface area contributed by atoms with Crippen LogP contribution in [0.25, 0.3) is 0 Å². The van der Waals surface area contributed by atoms with Gasteiger partial charge in [0.25, 0.3) is 0 Å². The summed E-state index contributed by atoms with van der Waals surface area (Å²) < 4.78 is 5.67. The van der Waals surface area contributed by atoms with Crippen molar-refractivity contribution in [1.82, 2.24) is 20.1 Å². The van der Waals surface area contributed by atoms with Crippen LogP contribution in [0.4, 0.5) is 0 Å². The highest BCUT2D eigenvalue weighted by Crippen LogP contribution is 2.20. The monoisotopic (exact) mass is 306 g/mol. The third-order valence-electron chi connectivity index (χ3n) is 3.49. The molecule has 1 aliphatic rings. The molecule has 112 valence electrons. The molecule has 0 aliphatic carbocycles. The van der Waals surface area contributed by atoms with E-state index in [2.05, 4.69) is 21.2 Å². The maximum atomic E-state index is 12.3. The first-order chi connectivity index (χ1) is 10.2. The molecule has 0 aromatic carbocycles. The molecule has 0 bridgehead atoms. The molecule has 1 aliphatic heterocycles. The van der Waals surface area contributed by atoms with Gasteiger partial charge in [0.2, 0.25) is 5.91 Å². The SMILES string of the molecule is Cc1nc([C@@H]2CN(C(=O)CCc3cccs3)CCO2)n[nH]1. The Kier molecular flexibility index (Phi) is 4.31. The molecule has 1 N–H and O–H groups in total. The van der Waals surface area contributed by atoms with Crippen molar-refractivity contribution in [1.29, 1.82) is 0 Å². The molecule has 1 atom stereocenters. The van der Waals surface area contributed by atoms with Crippen LogP contribution in [0.3, 0.4) is 0 Å². The number of aromatic nitrogens is 3. The van der Waals surface area contributed by atoms with Crippen LogP contribution in [0, 0.1) is 6.92 Å². The van der Waals surface area contributed by atoms with Gasteiger partial charge in [-0.1, -0.05) is 6.07 Å². The second-order valence-corrected chi connectivity index (χ2v) is 6.09. The van der Waals surface area contributed by atoms with Crippen molar-refractivity contribution < 1.29 is 9.53 Å². The van der Waals surface area contributed by atoms with Crippen molar-refractivity contribution in [2.45, 2.75) is 25.9 Å². The summed E-state index contributed by atoms with van der Waals surface area (Å²) in [6, 6.07) is 4.08. The van der Waals surface area contributed by atoms with Gasteiger partial charge in [0.05, 0.1) is 13.2 Å². The van der Waals surface area contributed by atoms with Gasteiger partial charge in [-0.3, -0.25) is 9.89 Å². The topological polar surface area (TPSA) is 71.1 Å². The Morgan fingerprint density at radius 2 is 2.52 bits per heavy atom. The summed E-state index contributed by atoms with van der Waals surface area (Å²) in [5, 5.41) is 8.97. The fraction of sp³-hybridized carbons (Fsp3) is 0.500. The van der Waals surface area contributed by atoms with E-state index in [1.165, 1.54) is 4.88 Å². The predicted molar refractivity (Wildman–Crippen MR) is 79.0 cm³/mol. The summed E-state index contributed by atoms with van der Waals surface area (Å²) in [4.78, 5) is 19.7. The third-order valence-corrected chi connectivity index (χ3v) is 4.42. The average Bonchev–Trinajstić information content (AvgIpc) is 3.16. The predicted octanol–water partition coefficient (Wildman–Crippen LogP) is 1.71. The lowest BCUT2D eigenvalue weighted by Crippen LogP contribution is -2.42. The highest BCUT2D eigenvalue weighted by molar-refractivity contribution is 7.09. The molecular weight excluding hydrogens is 288 g/mol. The largest absolute Gasteiger partial charge is 0.366 e. The molecule has 3 rings (SSSR count). The highest BCUT2D eigenvalue weighted by Gasteiger charge is 2.27. The van der Waals surface area contributed by atoms with Crippen molar-refractivity contribution in [2.75, 3.05) is 19.7 Å². The number of carbonyl (C=O) groups excluding carboxylic acids is 1. The lowest BCUT2D eigenvalue weighted by Gasteiger charge is -2.31. The van der Waals surface area contributed by atoms with Crippen LogP contribution in [0.15, 0.2) is 17.5 Å². The molecule has 0 spiro atoms. The number of hydrogen-bond donors (Lipinski definition) is 1. The number of thiophene rings is 1. The van der Waals surface area contributed by atoms with E-state index in [0.29, 0.717) is 31.9 Å². The van der Waals surface area contributed by atoms with Crippen molar-refractivity contribution in [3.8, 4) is 0 Å². The van der Waals surface area contributed by atoms with E-state index in [1.807, 2.05) is 23.3 Å². The number of nitrogens with one attached hydrogen (secondary N) is 1. The Morgan fingerprint density at radius 3 is 3.24 bits per heavy atom. The zero-order valence-corrected chi connectivity index (χ0v) is 12.7. The summed E-state index contributed by atoms with van der Waals surface area (Å²) in [7, 11) is 0. The summed E-state index contributed by atoms with van der Waals surface area (Å²) in [6.45, 7) is 3.55. The fourth-order valence-electron chi connectivity index (χ4n) is 2.38. The van der Waals surface area contributed by atoms with Gasteiger partial charge in [-0.25, -0.2) is 4.98 Å². The number of rotatable bonds is 4. The minimum absolute atomic E-state index is 0.170. The van der Waals surface area contributed by atoms with E-state index in [0.717, 1.165) is 12.2 Å². The van der Waals surface area contributed by atoms with Gasteiger partial charge < -0.3 is 9.64 Å². The maximum Gasteiger partial charge on any atom is 0.223 e. The molecule has 3 heterocycles. The zero-order chi connectivity index (χ0) is 14.7. The number of ether oxygens (including phenoxy) is 1. The number of aromatic amines is 1. The smallest absolute Gasteiger partial charge is 0.223 e. The summed E-state index contributed by atoms with van der Waals surface area (Å²) in [5.74, 6) is 1.56. The molecule has 1 fully saturated rings. The number of morpholine rings is 1. The van der Waals surface area contributed by atoms with Crippen molar-refractivity contribution >= 4 is 17.2 Å². The van der Waals surface area contributed by atoms with Crippen LogP contribution in [0.1, 0.15) is 29.1 Å². The Bertz CT molecular complexity index is 596. The van der Waals surface area contributed by atoms with E-state index >= 15 is 0 Å². The van der Waals surface area contributed by atoms with Crippen LogP contribution in [0.5, 0.6) is 0 Å². The standard InChI is InChI=1S/C14H18N4O2S/c1-10-15-14(17-16-10)12-9-18(6-7-20-12)13(19)5-4-11-3-2-8-21-11/h2-3,8,12H,4-7,9H2,1H3,(H,15,16,17)/t12-/m0/s1. The van der Waals surface area contributed by atoms with Crippen molar-refractivity contribution in [2.24, 2.45) is 0 Å². The van der Waals surface area contributed by atoms with Crippen LogP contribution in [-0.4, -0.2) is 45.7 Å². The van der Waals surface area contributed by atoms with Crippen LogP contribution >= 0.6 is 11.3 Å². The Hall–Kier alpha value is -1.73. The molecule has 6 nitrogen and oxygen atoms in total. The highest BCUT2D eigenvalue weighted by atomic mass is 32.1. The number of nitrogens with zero attached hydrogens (tertiary/aromatic N) is 3. The second kappa shape index (κ2) is 6.36. The molecular formula is C14H18N4O2S. The number of H-pyrrole nitrogens is 1. The first-order valence-corrected chi connectivity index (χ1v) is 7.91. The number of aryl methyl sites for hydroxylation is 2. The lowest BCUT2D eigenvalue weighted by molar-refractivity contribution is -0.139. The van der Waals surface area contributed by atoms with Crippen molar-refractivity contribution in [3.63, 3.8) is 0 Å². The fourth-order valence-corrected chi connectivity index (χ4v) is 3.09. The molecule has 7 heteroatoms. The van der Waals surface area contributed by atoms with E-state index < -0.39 is 0 Å². The maximum absolute atomic E-state index is 12.3. The molecule has 0 unspecified atom stereocenters. The van der Waals surface area contributed by atoms with Gasteiger partial charge in [0.1, 0.15) is 11.9 Å². The second-order valence-electron chi connectivity index (χ2n) is 5.06. The summed E-state index contributed by atoms with van der Waals surface area (Å²) in [5.41, 5.74) is 0. The normalized spacial score (nSPS) is 18.9. The van der Waals surface area contributed by atoms with Crippen LogP contribution < -0.4 is 0 Å². The number of carbonyl (C=O) groups is 1. The molecule has 21 heavy (non-hydrogen) atoms. The zero-order valence-electron chi connectivity index (χ0n) is 11.9. The molecule has 0 radical (unpaired) electrons. The van der Waals surface area contributed by atoms with E-state index in [-0.39, 0.29) is 12.0 Å². The summed E-state index contributed by atoms with van der Waals surface area (Å²) >= 11 is 1.69. The third kappa shape index (κ3) is 3.48. The van der Waals surface area contributed by atoms with Gasteiger partial charge in [0, 0.05) is 17.8 Å². The summed E-state index contributed by atoms with van der Waals surface area (Å²) in [6.07, 6.45) is 1.12. The van der Waals surface area contributed by atoms with Gasteiger partial charge in [-0.05, 0) is 24.8 Å². The minimum atomic E-state index is -0.227. The number of hydrogen-bond acceptors (Lipinski definition) is 5. The van der Waals surface area contributed by atoms with E-state index in [4.69, 9.17) is 4.74 Å². The molecule has 0 saturated carbocycles. The Labute approximate surface area is 127 Å². The first-order valence-electron chi connectivity index (χ1n) is 7.03. The minimum Gasteiger partial charge on any atom is -0.366 e. The van der Waals surface area contributed by atoms with Crippen LogP contribution in [0.2, 0.25) is 0 Å². The lowest BCUT2D eigenvalue weighted by atomic mass is 10.2. The first kappa shape index (κ1) is 14.2. The van der Waals surface area contributed by atoms with Gasteiger partial charge >= 0.3 is 0 Å². The van der Waals surface area contributed by atoms with Gasteiger partial charge in [-0.2, -0.15) is 5.10 Å². The number of amides is 1. The van der Waals surface area contributed by atoms with Gasteiger partial charge in [0.15, 0.2) is 5.82 Å². The van der Waals surface area contributed by atoms with Crippen LogP contribution in [-0.2, 0) is 16.0 Å². The van der Waals surface area contributed by atoms with Gasteiger partial charge in [-0.15, -0.1) is 11.3 Å². The molecule has 2 aromatic rings. The van der Waals surface area contributed by atoms with E-state index in [1.54, 1.807) is 11.3 Å². The van der Waals surface area contributed by atoms with E-state index in [9.17, 15) is 4.79 Å². The molecule has 2 aromatic heterocycles.